The predicted molar refractivity (Wildman–Crippen MR) is 137 cm³/mol. The third-order valence-corrected chi connectivity index (χ3v) is 6.16. The Kier molecular flexibility index (Phi) is 6.19. The minimum atomic E-state index is -0.457. The Bertz CT molecular complexity index is 1570. The summed E-state index contributed by atoms with van der Waals surface area (Å²) in [7, 11) is 0. The molecular weight excluding hydrogens is 472 g/mol. The molecule has 0 spiro atoms. The first-order valence-corrected chi connectivity index (χ1v) is 11.8. The zero-order valence-electron chi connectivity index (χ0n) is 20.3. The highest BCUT2D eigenvalue weighted by Gasteiger charge is 2.35. The van der Waals surface area contributed by atoms with Crippen LogP contribution in [-0.2, 0) is 6.54 Å². The molecule has 0 atom stereocenters. The van der Waals surface area contributed by atoms with Crippen LogP contribution < -0.4 is 15.7 Å². The van der Waals surface area contributed by atoms with E-state index in [0.29, 0.717) is 46.1 Å². The van der Waals surface area contributed by atoms with Gasteiger partial charge in [0.2, 0.25) is 0 Å². The van der Waals surface area contributed by atoms with E-state index in [2.05, 4.69) is 10.3 Å². The molecule has 3 amide bonds. The number of nitrogens with one attached hydrogen (secondary N) is 2. The third-order valence-electron chi connectivity index (χ3n) is 6.16. The molecule has 2 N–H and O–H groups in total. The van der Waals surface area contributed by atoms with Crippen molar-refractivity contribution in [3.8, 4) is 11.4 Å². The molecule has 0 unspecified atom stereocenters. The van der Waals surface area contributed by atoms with Gasteiger partial charge in [0.05, 0.1) is 41.2 Å². The summed E-state index contributed by atoms with van der Waals surface area (Å²) >= 11 is 0. The zero-order chi connectivity index (χ0) is 26.1. The molecule has 37 heavy (non-hydrogen) atoms. The lowest BCUT2D eigenvalue weighted by Crippen LogP contribution is -2.29. The topological polar surface area (TPSA) is 113 Å². The quantitative estimate of drug-likeness (QED) is 0.377. The molecule has 2 heterocycles. The molecule has 0 fully saturated rings. The predicted octanol–water partition coefficient (Wildman–Crippen LogP) is 3.92. The highest BCUT2D eigenvalue weighted by Crippen LogP contribution is 2.28. The van der Waals surface area contributed by atoms with Crippen LogP contribution >= 0.6 is 0 Å². The largest absolute Gasteiger partial charge is 0.493 e. The van der Waals surface area contributed by atoms with Gasteiger partial charge in [0.15, 0.2) is 0 Å². The van der Waals surface area contributed by atoms with Crippen molar-refractivity contribution in [2.45, 2.75) is 20.4 Å². The van der Waals surface area contributed by atoms with E-state index in [0.717, 1.165) is 0 Å². The first-order chi connectivity index (χ1) is 17.9. The van der Waals surface area contributed by atoms with Gasteiger partial charge in [-0.2, -0.15) is 0 Å². The number of aromatic nitrogens is 2. The highest BCUT2D eigenvalue weighted by atomic mass is 16.5. The van der Waals surface area contributed by atoms with E-state index in [1.807, 2.05) is 6.92 Å². The Balaban J connectivity index is 1.46. The van der Waals surface area contributed by atoms with Crippen molar-refractivity contribution >= 4 is 23.4 Å². The van der Waals surface area contributed by atoms with Crippen molar-refractivity contribution in [3.63, 3.8) is 0 Å². The van der Waals surface area contributed by atoms with Crippen molar-refractivity contribution < 1.29 is 19.1 Å². The fourth-order valence-electron chi connectivity index (χ4n) is 4.42. The maximum atomic E-state index is 13.5. The number of nitrogens with zero attached hydrogens (tertiary/aromatic N) is 2. The Morgan fingerprint density at radius 3 is 2.27 bits per heavy atom. The second-order valence-electron chi connectivity index (χ2n) is 8.55. The lowest BCUT2D eigenvalue weighted by molar-refractivity contribution is 0.0642. The molecular formula is C28H24N4O5. The van der Waals surface area contributed by atoms with Crippen molar-refractivity contribution in [1.29, 1.82) is 0 Å². The van der Waals surface area contributed by atoms with E-state index >= 15 is 0 Å². The highest BCUT2D eigenvalue weighted by molar-refractivity contribution is 6.21. The average molecular weight is 497 g/mol. The van der Waals surface area contributed by atoms with E-state index in [-0.39, 0.29) is 29.6 Å². The molecule has 5 rings (SSSR count). The molecule has 186 valence electrons. The van der Waals surface area contributed by atoms with Gasteiger partial charge < -0.3 is 15.0 Å². The second kappa shape index (κ2) is 9.62. The maximum Gasteiger partial charge on any atom is 0.330 e. The first-order valence-electron chi connectivity index (χ1n) is 11.8. The molecule has 1 aliphatic rings. The number of para-hydroxylation sites is 2. The second-order valence-corrected chi connectivity index (χ2v) is 8.55. The molecule has 0 radical (unpaired) electrons. The molecule has 0 bridgehead atoms. The van der Waals surface area contributed by atoms with Crippen molar-refractivity contribution in [2.24, 2.45) is 0 Å². The number of aryl methyl sites for hydroxylation is 1. The number of amides is 3. The number of ether oxygens (including phenoxy) is 1. The van der Waals surface area contributed by atoms with Crippen LogP contribution in [0, 0.1) is 6.92 Å². The lowest BCUT2D eigenvalue weighted by atomic mass is 10.1. The Morgan fingerprint density at radius 1 is 0.946 bits per heavy atom. The van der Waals surface area contributed by atoms with Crippen LogP contribution in [0.4, 0.5) is 5.69 Å². The number of imidazole rings is 1. The minimum Gasteiger partial charge on any atom is -0.493 e. The fraction of sp³-hybridized carbons (Fsp3) is 0.143. The fourth-order valence-corrected chi connectivity index (χ4v) is 4.42. The van der Waals surface area contributed by atoms with Gasteiger partial charge in [-0.15, -0.1) is 0 Å². The third kappa shape index (κ3) is 4.31. The summed E-state index contributed by atoms with van der Waals surface area (Å²) in [5.74, 6) is -0.844. The van der Waals surface area contributed by atoms with Gasteiger partial charge in [0.25, 0.3) is 17.7 Å². The summed E-state index contributed by atoms with van der Waals surface area (Å²) in [4.78, 5) is 55.3. The number of aromatic amines is 1. The van der Waals surface area contributed by atoms with E-state index in [9.17, 15) is 19.2 Å². The number of hydrogen-bond donors (Lipinski definition) is 2. The summed E-state index contributed by atoms with van der Waals surface area (Å²) in [5, 5.41) is 2.88. The number of benzene rings is 3. The van der Waals surface area contributed by atoms with Crippen molar-refractivity contribution in [2.75, 3.05) is 11.9 Å². The minimum absolute atomic E-state index is 0.00750. The summed E-state index contributed by atoms with van der Waals surface area (Å²) in [6.07, 6.45) is 1.59. The SMILES string of the molecule is CCOc1ccc(CN2C(=O)c3ccccc3C2=O)cc1C(=O)Nc1ccccc1-n1c(C)c[nH]c1=O. The van der Waals surface area contributed by atoms with Crippen molar-refractivity contribution in [3.05, 3.63) is 111 Å². The molecule has 0 saturated heterocycles. The van der Waals surface area contributed by atoms with Gasteiger partial charge in [0.1, 0.15) is 5.75 Å². The number of carbonyl (C=O) groups excluding carboxylic acids is 3. The number of imide groups is 1. The Morgan fingerprint density at radius 2 is 1.62 bits per heavy atom. The monoisotopic (exact) mass is 496 g/mol. The smallest absolute Gasteiger partial charge is 0.330 e. The number of H-pyrrole nitrogens is 1. The molecule has 4 aromatic rings. The summed E-state index contributed by atoms with van der Waals surface area (Å²) in [6, 6.07) is 18.6. The Labute approximate surface area is 212 Å². The number of fused-ring (bicyclic) bond motifs is 1. The van der Waals surface area contributed by atoms with Gasteiger partial charge in [0, 0.05) is 11.9 Å². The van der Waals surface area contributed by atoms with E-state index in [4.69, 9.17) is 4.74 Å². The number of rotatable bonds is 7. The molecule has 1 aromatic heterocycles. The summed E-state index contributed by atoms with van der Waals surface area (Å²) in [6.45, 7) is 3.94. The van der Waals surface area contributed by atoms with Gasteiger partial charge in [-0.3, -0.25) is 23.9 Å². The summed E-state index contributed by atoms with van der Waals surface area (Å²) < 4.78 is 7.16. The average Bonchev–Trinajstić information content (AvgIpc) is 3.36. The molecule has 9 heteroatoms. The van der Waals surface area contributed by atoms with Gasteiger partial charge in [-0.05, 0) is 55.8 Å². The normalized spacial score (nSPS) is 12.5. The standard InChI is InChI=1S/C28H24N4O5/c1-3-37-24-13-12-18(16-31-26(34)19-8-4-5-9-20(19)27(31)35)14-21(24)25(33)30-22-10-6-7-11-23(22)32-17(2)15-29-28(32)36/h4-15H,3,16H2,1-2H3,(H,29,36)(H,30,33). The lowest BCUT2D eigenvalue weighted by Gasteiger charge is -2.17. The van der Waals surface area contributed by atoms with Crippen LogP contribution in [0.15, 0.2) is 77.7 Å². The van der Waals surface area contributed by atoms with Gasteiger partial charge >= 0.3 is 5.69 Å². The summed E-state index contributed by atoms with van der Waals surface area (Å²) in [5.41, 5.74) is 2.87. The van der Waals surface area contributed by atoms with E-state index < -0.39 is 5.91 Å². The number of hydrogen-bond acceptors (Lipinski definition) is 5. The van der Waals surface area contributed by atoms with E-state index in [1.165, 1.54) is 9.47 Å². The van der Waals surface area contributed by atoms with Gasteiger partial charge in [-0.25, -0.2) is 4.79 Å². The molecule has 1 aliphatic heterocycles. The zero-order valence-corrected chi connectivity index (χ0v) is 20.3. The van der Waals surface area contributed by atoms with Crippen LogP contribution in [0.2, 0.25) is 0 Å². The van der Waals surface area contributed by atoms with Crippen LogP contribution in [0.3, 0.4) is 0 Å². The van der Waals surface area contributed by atoms with Crippen LogP contribution in [-0.4, -0.2) is 38.8 Å². The Hall–Kier alpha value is -4.92. The maximum absolute atomic E-state index is 13.5. The molecule has 0 saturated carbocycles. The number of anilines is 1. The van der Waals surface area contributed by atoms with Gasteiger partial charge in [-0.1, -0.05) is 30.3 Å². The molecule has 9 nitrogen and oxygen atoms in total. The van der Waals surface area contributed by atoms with Crippen LogP contribution in [0.25, 0.3) is 5.69 Å². The van der Waals surface area contributed by atoms with Crippen LogP contribution in [0.5, 0.6) is 5.75 Å². The number of carbonyl (C=O) groups is 3. The van der Waals surface area contributed by atoms with Crippen molar-refractivity contribution in [1.82, 2.24) is 14.5 Å². The molecule has 3 aromatic carbocycles. The van der Waals surface area contributed by atoms with E-state index in [1.54, 1.807) is 79.9 Å². The first kappa shape index (κ1) is 23.8. The molecule has 0 aliphatic carbocycles. The van der Waals surface area contributed by atoms with Crippen LogP contribution in [0.1, 0.15) is 49.3 Å².